The van der Waals surface area contributed by atoms with E-state index in [0.717, 1.165) is 17.5 Å². The van der Waals surface area contributed by atoms with Crippen LogP contribution in [0.5, 0.6) is 0 Å². The van der Waals surface area contributed by atoms with Crippen LogP contribution in [0.3, 0.4) is 0 Å². The van der Waals surface area contributed by atoms with E-state index in [4.69, 9.17) is 4.74 Å². The van der Waals surface area contributed by atoms with Gasteiger partial charge in [-0.1, -0.05) is 6.92 Å². The molecule has 5 rings (SSSR count). The zero-order chi connectivity index (χ0) is 22.8. The number of alkyl halides is 2. The van der Waals surface area contributed by atoms with Crippen molar-refractivity contribution in [1.82, 2.24) is 20.1 Å². The van der Waals surface area contributed by atoms with Crippen molar-refractivity contribution >= 4 is 17.6 Å². The van der Waals surface area contributed by atoms with Gasteiger partial charge in [0.05, 0.1) is 23.8 Å². The third-order valence-electron chi connectivity index (χ3n) is 6.88. The summed E-state index contributed by atoms with van der Waals surface area (Å²) in [6.45, 7) is 4.79. The van der Waals surface area contributed by atoms with Crippen molar-refractivity contribution in [2.75, 3.05) is 11.9 Å². The van der Waals surface area contributed by atoms with Gasteiger partial charge in [0.2, 0.25) is 0 Å². The van der Waals surface area contributed by atoms with Crippen LogP contribution >= 0.6 is 0 Å². The molecule has 0 saturated heterocycles. The smallest absolute Gasteiger partial charge is 0.270 e. The lowest BCUT2D eigenvalue weighted by molar-refractivity contribution is -0.120. The molecule has 8 nitrogen and oxygen atoms in total. The highest BCUT2D eigenvalue weighted by Gasteiger charge is 2.59. The molecular weight excluding hydrogens is 420 g/mol. The Kier molecular flexibility index (Phi) is 4.63. The number of aromatic nitrogens is 3. The zero-order valence-corrected chi connectivity index (χ0v) is 18.2. The van der Waals surface area contributed by atoms with E-state index in [1.54, 1.807) is 30.1 Å². The number of carbonyl (C=O) groups excluding carboxylic acids is 2. The average molecular weight is 445 g/mol. The summed E-state index contributed by atoms with van der Waals surface area (Å²) >= 11 is 0. The molecule has 1 aliphatic carbocycles. The minimum atomic E-state index is -2.72. The van der Waals surface area contributed by atoms with Crippen LogP contribution < -0.4 is 10.2 Å². The molecule has 2 aliphatic heterocycles. The molecule has 2 aromatic rings. The van der Waals surface area contributed by atoms with E-state index in [2.05, 4.69) is 15.4 Å². The number of nitrogens with one attached hydrogen (secondary N) is 1. The molecule has 0 radical (unpaired) electrons. The van der Waals surface area contributed by atoms with Crippen molar-refractivity contribution in [3.05, 3.63) is 40.8 Å². The summed E-state index contributed by atoms with van der Waals surface area (Å²) in [5, 5.41) is 7.08. The minimum absolute atomic E-state index is 0.213. The maximum atomic E-state index is 13.4. The number of amides is 2. The number of aryl methyl sites for hydroxylation is 1. The van der Waals surface area contributed by atoms with E-state index in [1.807, 2.05) is 13.8 Å². The van der Waals surface area contributed by atoms with Gasteiger partial charge in [0.25, 0.3) is 17.7 Å². The van der Waals surface area contributed by atoms with Crippen LogP contribution in [0.15, 0.2) is 18.3 Å². The molecule has 3 atom stereocenters. The van der Waals surface area contributed by atoms with Crippen molar-refractivity contribution in [3.8, 4) is 0 Å². The number of nitrogens with zero attached hydrogens (tertiary/aromatic N) is 4. The number of halogens is 2. The Labute approximate surface area is 183 Å². The van der Waals surface area contributed by atoms with Gasteiger partial charge in [-0.15, -0.1) is 0 Å². The summed E-state index contributed by atoms with van der Waals surface area (Å²) in [6, 6.07) is 2.50. The van der Waals surface area contributed by atoms with Crippen LogP contribution in [-0.2, 0) is 28.3 Å². The van der Waals surface area contributed by atoms with Crippen LogP contribution in [0.1, 0.15) is 66.3 Å². The lowest BCUT2D eigenvalue weighted by Gasteiger charge is -2.23. The van der Waals surface area contributed by atoms with Gasteiger partial charge < -0.3 is 10.1 Å². The van der Waals surface area contributed by atoms with E-state index in [9.17, 15) is 18.4 Å². The molecule has 1 fully saturated rings. The van der Waals surface area contributed by atoms with Gasteiger partial charge in [0, 0.05) is 37.8 Å². The number of anilines is 1. The SMILES string of the molecule is CC[C@@]1(C)OCc2cnc(C(=O)N[C@H]3CCn4nc([C@@H]5CC5(F)F)cc4N(C)C3=O)cc21. The zero-order valence-electron chi connectivity index (χ0n) is 18.2. The Morgan fingerprint density at radius 2 is 2.12 bits per heavy atom. The molecule has 2 amide bonds. The lowest BCUT2D eigenvalue weighted by atomic mass is 9.92. The topological polar surface area (TPSA) is 89.3 Å². The third-order valence-corrected chi connectivity index (χ3v) is 6.88. The first kappa shape index (κ1) is 21.0. The number of rotatable bonds is 4. The fourth-order valence-electron chi connectivity index (χ4n) is 4.48. The Hall–Kier alpha value is -2.88. The summed E-state index contributed by atoms with van der Waals surface area (Å²) in [5.41, 5.74) is 1.96. The molecule has 1 saturated carbocycles. The Bertz CT molecular complexity index is 1120. The monoisotopic (exact) mass is 445 g/mol. The van der Waals surface area contributed by atoms with Crippen molar-refractivity contribution < 1.29 is 23.1 Å². The van der Waals surface area contributed by atoms with Crippen LogP contribution in [0.25, 0.3) is 0 Å². The Morgan fingerprint density at radius 3 is 2.81 bits per heavy atom. The number of likely N-dealkylation sites (N-methyl/N-ethyl adjacent to an activating group) is 1. The maximum absolute atomic E-state index is 13.4. The van der Waals surface area contributed by atoms with E-state index in [-0.39, 0.29) is 18.0 Å². The maximum Gasteiger partial charge on any atom is 0.270 e. The highest BCUT2D eigenvalue weighted by atomic mass is 19.3. The molecule has 0 spiro atoms. The summed E-state index contributed by atoms with van der Waals surface area (Å²) in [6.07, 6.45) is 2.49. The van der Waals surface area contributed by atoms with E-state index < -0.39 is 29.4 Å². The third kappa shape index (κ3) is 3.28. The quantitative estimate of drug-likeness (QED) is 0.782. The van der Waals surface area contributed by atoms with E-state index in [1.165, 1.54) is 4.90 Å². The molecule has 10 heteroatoms. The van der Waals surface area contributed by atoms with E-state index in [0.29, 0.717) is 31.1 Å². The molecular formula is C22H25F2N5O3. The predicted molar refractivity (Wildman–Crippen MR) is 110 cm³/mol. The molecule has 1 N–H and O–H groups in total. The highest BCUT2D eigenvalue weighted by Crippen LogP contribution is 2.55. The first-order valence-corrected chi connectivity index (χ1v) is 10.8. The molecule has 0 bridgehead atoms. The molecule has 0 aromatic carbocycles. The van der Waals surface area contributed by atoms with Gasteiger partial charge in [-0.3, -0.25) is 19.5 Å². The van der Waals surface area contributed by atoms with Crippen LogP contribution in [-0.4, -0.2) is 45.6 Å². The number of carbonyl (C=O) groups is 2. The number of hydrogen-bond acceptors (Lipinski definition) is 5. The lowest BCUT2D eigenvalue weighted by Crippen LogP contribution is -2.47. The van der Waals surface area contributed by atoms with Crippen LogP contribution in [0, 0.1) is 0 Å². The van der Waals surface area contributed by atoms with Crippen LogP contribution in [0.2, 0.25) is 0 Å². The fraction of sp³-hybridized carbons (Fsp3) is 0.545. The first-order valence-electron chi connectivity index (χ1n) is 10.8. The Balaban J connectivity index is 1.32. The number of ether oxygens (including phenoxy) is 1. The highest BCUT2D eigenvalue weighted by molar-refractivity contribution is 6.01. The van der Waals surface area contributed by atoms with Gasteiger partial charge in [-0.2, -0.15) is 5.10 Å². The summed E-state index contributed by atoms with van der Waals surface area (Å²) < 4.78 is 34.3. The molecule has 3 aliphatic rings. The standard InChI is InChI=1S/C22H25F2N5O3/c1-4-21(2)13-7-17(25-10-12(13)11-32-21)19(30)26-15-5-6-29-18(28(3)20(15)31)8-16(27-29)14-9-22(14,23)24/h7-8,10,14-15H,4-6,9,11H2,1-3H3,(H,26,30)/t14-,15-,21+/m0/s1. The van der Waals surface area contributed by atoms with Gasteiger partial charge in [0.1, 0.15) is 17.6 Å². The van der Waals surface area contributed by atoms with Crippen molar-refractivity contribution in [3.63, 3.8) is 0 Å². The van der Waals surface area contributed by atoms with Gasteiger partial charge in [-0.05, 0) is 31.4 Å². The summed E-state index contributed by atoms with van der Waals surface area (Å²) in [5.74, 6) is -3.92. The average Bonchev–Trinajstić information content (AvgIpc) is 3.12. The number of hydrogen-bond donors (Lipinski definition) is 1. The van der Waals surface area contributed by atoms with Crippen molar-refractivity contribution in [2.24, 2.45) is 0 Å². The van der Waals surface area contributed by atoms with Crippen molar-refractivity contribution in [2.45, 2.75) is 69.7 Å². The number of pyridine rings is 1. The van der Waals surface area contributed by atoms with Crippen molar-refractivity contribution in [1.29, 1.82) is 0 Å². The normalized spacial score (nSPS) is 28.2. The fourth-order valence-corrected chi connectivity index (χ4v) is 4.48. The first-order chi connectivity index (χ1) is 15.1. The van der Waals surface area contributed by atoms with Crippen LogP contribution in [0.4, 0.5) is 14.6 Å². The molecule has 0 unspecified atom stereocenters. The molecule has 4 heterocycles. The van der Waals surface area contributed by atoms with Gasteiger partial charge >= 0.3 is 0 Å². The minimum Gasteiger partial charge on any atom is -0.366 e. The Morgan fingerprint density at radius 1 is 1.38 bits per heavy atom. The summed E-state index contributed by atoms with van der Waals surface area (Å²) in [7, 11) is 1.56. The van der Waals surface area contributed by atoms with E-state index >= 15 is 0 Å². The largest absolute Gasteiger partial charge is 0.366 e. The summed E-state index contributed by atoms with van der Waals surface area (Å²) in [4.78, 5) is 31.6. The predicted octanol–water partition coefficient (Wildman–Crippen LogP) is 2.72. The second kappa shape index (κ2) is 7.06. The molecule has 32 heavy (non-hydrogen) atoms. The van der Waals surface area contributed by atoms with Gasteiger partial charge in [0.15, 0.2) is 0 Å². The second-order valence-corrected chi connectivity index (χ2v) is 8.98. The van der Waals surface area contributed by atoms with Gasteiger partial charge in [-0.25, -0.2) is 13.5 Å². The molecule has 170 valence electrons. The number of fused-ring (bicyclic) bond motifs is 2. The second-order valence-electron chi connectivity index (χ2n) is 8.98. The molecule has 2 aromatic heterocycles.